The van der Waals surface area contributed by atoms with E-state index in [0.29, 0.717) is 6.42 Å². The van der Waals surface area contributed by atoms with E-state index in [9.17, 15) is 5.11 Å². The predicted molar refractivity (Wildman–Crippen MR) is 72.8 cm³/mol. The monoisotopic (exact) mass is 291 g/mol. The highest BCUT2D eigenvalue weighted by Gasteiger charge is 2.08. The van der Waals surface area contributed by atoms with E-state index in [-0.39, 0.29) is 6.10 Å². The summed E-state index contributed by atoms with van der Waals surface area (Å²) in [6.07, 6.45) is 0.299. The fourth-order valence-corrected chi connectivity index (χ4v) is 2.17. The maximum absolute atomic E-state index is 9.50. The van der Waals surface area contributed by atoms with E-state index in [1.54, 1.807) is 6.92 Å². The SMILES string of the molecule is CC(O)Cc1ccccc1-c1cccc(Br)n1. The lowest BCUT2D eigenvalue weighted by Gasteiger charge is -2.10. The normalized spacial score (nSPS) is 12.4. The third kappa shape index (κ3) is 3.14. The number of aromatic nitrogens is 1. The first-order valence-corrected chi connectivity index (χ1v) is 6.35. The Morgan fingerprint density at radius 1 is 1.18 bits per heavy atom. The van der Waals surface area contributed by atoms with Gasteiger partial charge >= 0.3 is 0 Å². The minimum atomic E-state index is -0.344. The largest absolute Gasteiger partial charge is 0.393 e. The molecule has 2 rings (SSSR count). The minimum absolute atomic E-state index is 0.344. The van der Waals surface area contributed by atoms with E-state index >= 15 is 0 Å². The highest BCUT2D eigenvalue weighted by atomic mass is 79.9. The lowest BCUT2D eigenvalue weighted by Crippen LogP contribution is -2.05. The van der Waals surface area contributed by atoms with Crippen LogP contribution in [0, 0.1) is 0 Å². The second-order valence-electron chi connectivity index (χ2n) is 4.06. The lowest BCUT2D eigenvalue weighted by atomic mass is 9.99. The van der Waals surface area contributed by atoms with Crippen molar-refractivity contribution in [3.63, 3.8) is 0 Å². The molecule has 2 aromatic rings. The van der Waals surface area contributed by atoms with Crippen molar-refractivity contribution in [1.29, 1.82) is 0 Å². The Morgan fingerprint density at radius 2 is 1.94 bits per heavy atom. The first-order valence-electron chi connectivity index (χ1n) is 5.55. The molecule has 0 bridgehead atoms. The molecule has 0 fully saturated rings. The van der Waals surface area contributed by atoms with Gasteiger partial charge in [0.05, 0.1) is 11.8 Å². The van der Waals surface area contributed by atoms with Crippen molar-refractivity contribution >= 4 is 15.9 Å². The molecule has 0 amide bonds. The first-order chi connectivity index (χ1) is 8.16. The second-order valence-corrected chi connectivity index (χ2v) is 4.87. The van der Waals surface area contributed by atoms with Gasteiger partial charge in [-0.2, -0.15) is 0 Å². The van der Waals surface area contributed by atoms with Gasteiger partial charge in [0, 0.05) is 5.56 Å². The second kappa shape index (κ2) is 5.43. The summed E-state index contributed by atoms with van der Waals surface area (Å²) < 4.78 is 0.821. The van der Waals surface area contributed by atoms with Crippen LogP contribution in [0.2, 0.25) is 0 Å². The Balaban J connectivity index is 2.44. The maximum Gasteiger partial charge on any atom is 0.106 e. The number of pyridine rings is 1. The molecule has 0 aliphatic carbocycles. The van der Waals surface area contributed by atoms with Crippen molar-refractivity contribution in [2.24, 2.45) is 0 Å². The molecule has 1 heterocycles. The number of aliphatic hydroxyl groups is 1. The quantitative estimate of drug-likeness (QED) is 0.879. The maximum atomic E-state index is 9.50. The molecule has 0 aliphatic rings. The van der Waals surface area contributed by atoms with Crippen molar-refractivity contribution in [3.8, 4) is 11.3 Å². The highest BCUT2D eigenvalue weighted by Crippen LogP contribution is 2.24. The molecule has 0 spiro atoms. The zero-order chi connectivity index (χ0) is 12.3. The van der Waals surface area contributed by atoms with Crippen molar-refractivity contribution < 1.29 is 5.11 Å². The van der Waals surface area contributed by atoms with Crippen molar-refractivity contribution in [3.05, 3.63) is 52.6 Å². The van der Waals surface area contributed by atoms with Crippen LogP contribution in [0.25, 0.3) is 11.3 Å². The molecule has 3 heteroatoms. The van der Waals surface area contributed by atoms with E-state index in [4.69, 9.17) is 0 Å². The molecule has 1 aromatic carbocycles. The van der Waals surface area contributed by atoms with E-state index in [2.05, 4.69) is 20.9 Å². The summed E-state index contributed by atoms with van der Waals surface area (Å²) in [4.78, 5) is 4.45. The molecule has 88 valence electrons. The average Bonchev–Trinajstić information content (AvgIpc) is 2.29. The van der Waals surface area contributed by atoms with E-state index in [1.165, 1.54) is 0 Å². The van der Waals surface area contributed by atoms with Crippen LogP contribution in [0.1, 0.15) is 12.5 Å². The highest BCUT2D eigenvalue weighted by molar-refractivity contribution is 9.10. The standard InChI is InChI=1S/C14H14BrNO/c1-10(17)9-11-5-2-3-6-12(11)13-7-4-8-14(15)16-13/h2-8,10,17H,9H2,1H3. The molecule has 0 saturated carbocycles. The number of nitrogens with zero attached hydrogens (tertiary/aromatic N) is 1. The third-order valence-corrected chi connectivity index (χ3v) is 2.97. The molecule has 1 N–H and O–H groups in total. The van der Waals surface area contributed by atoms with Crippen LogP contribution in [0.5, 0.6) is 0 Å². The van der Waals surface area contributed by atoms with Gasteiger partial charge in [0.1, 0.15) is 4.60 Å². The van der Waals surface area contributed by atoms with Gasteiger partial charge in [-0.3, -0.25) is 0 Å². The molecular formula is C14H14BrNO. The summed E-state index contributed by atoms with van der Waals surface area (Å²) in [6.45, 7) is 1.80. The predicted octanol–water partition coefficient (Wildman–Crippen LogP) is 3.43. The van der Waals surface area contributed by atoms with E-state index in [1.807, 2.05) is 42.5 Å². The van der Waals surface area contributed by atoms with Gasteiger partial charge in [-0.05, 0) is 47.0 Å². The van der Waals surface area contributed by atoms with Crippen LogP contribution in [-0.4, -0.2) is 16.2 Å². The number of rotatable bonds is 3. The number of halogens is 1. The Bertz CT molecular complexity index is 511. The smallest absolute Gasteiger partial charge is 0.106 e. The summed E-state index contributed by atoms with van der Waals surface area (Å²) in [5.74, 6) is 0. The number of hydrogen-bond acceptors (Lipinski definition) is 2. The fraction of sp³-hybridized carbons (Fsp3) is 0.214. The zero-order valence-electron chi connectivity index (χ0n) is 9.60. The molecular weight excluding hydrogens is 278 g/mol. The van der Waals surface area contributed by atoms with Gasteiger partial charge in [-0.15, -0.1) is 0 Å². The number of aliphatic hydroxyl groups excluding tert-OH is 1. The van der Waals surface area contributed by atoms with Crippen LogP contribution in [0.15, 0.2) is 47.1 Å². The van der Waals surface area contributed by atoms with Gasteiger partial charge in [0.25, 0.3) is 0 Å². The third-order valence-electron chi connectivity index (χ3n) is 2.52. The Morgan fingerprint density at radius 3 is 2.65 bits per heavy atom. The molecule has 0 radical (unpaired) electrons. The van der Waals surface area contributed by atoms with Crippen LogP contribution < -0.4 is 0 Å². The molecule has 17 heavy (non-hydrogen) atoms. The Labute approximate surface area is 109 Å². The molecule has 0 aliphatic heterocycles. The Hall–Kier alpha value is -1.19. The van der Waals surface area contributed by atoms with Gasteiger partial charge in [-0.1, -0.05) is 30.3 Å². The van der Waals surface area contributed by atoms with E-state index in [0.717, 1.165) is 21.4 Å². The average molecular weight is 292 g/mol. The van der Waals surface area contributed by atoms with Crippen molar-refractivity contribution in [1.82, 2.24) is 4.98 Å². The van der Waals surface area contributed by atoms with Gasteiger partial charge < -0.3 is 5.11 Å². The van der Waals surface area contributed by atoms with Crippen molar-refractivity contribution in [2.45, 2.75) is 19.4 Å². The molecule has 0 saturated heterocycles. The minimum Gasteiger partial charge on any atom is -0.393 e. The van der Waals surface area contributed by atoms with Crippen LogP contribution in [-0.2, 0) is 6.42 Å². The molecule has 1 aromatic heterocycles. The first kappa shape index (κ1) is 12.3. The van der Waals surface area contributed by atoms with Crippen molar-refractivity contribution in [2.75, 3.05) is 0 Å². The molecule has 2 nitrogen and oxygen atoms in total. The summed E-state index contributed by atoms with van der Waals surface area (Å²) in [7, 11) is 0. The van der Waals surface area contributed by atoms with E-state index < -0.39 is 0 Å². The number of hydrogen-bond donors (Lipinski definition) is 1. The van der Waals surface area contributed by atoms with Gasteiger partial charge in [0.15, 0.2) is 0 Å². The Kier molecular flexibility index (Phi) is 3.92. The van der Waals surface area contributed by atoms with Crippen LogP contribution in [0.3, 0.4) is 0 Å². The summed E-state index contributed by atoms with van der Waals surface area (Å²) in [6, 6.07) is 13.9. The summed E-state index contributed by atoms with van der Waals surface area (Å²) in [5, 5.41) is 9.50. The lowest BCUT2D eigenvalue weighted by molar-refractivity contribution is 0.195. The van der Waals surface area contributed by atoms with Crippen LogP contribution >= 0.6 is 15.9 Å². The van der Waals surface area contributed by atoms with Gasteiger partial charge in [0.2, 0.25) is 0 Å². The summed E-state index contributed by atoms with van der Waals surface area (Å²) >= 11 is 3.37. The topological polar surface area (TPSA) is 33.1 Å². The molecule has 1 atom stereocenters. The van der Waals surface area contributed by atoms with Crippen LogP contribution in [0.4, 0.5) is 0 Å². The molecule has 1 unspecified atom stereocenters. The summed E-state index contributed by atoms with van der Waals surface area (Å²) in [5.41, 5.74) is 3.12. The van der Waals surface area contributed by atoms with Gasteiger partial charge in [-0.25, -0.2) is 4.98 Å². The number of benzene rings is 1. The zero-order valence-corrected chi connectivity index (χ0v) is 11.2. The fourth-order valence-electron chi connectivity index (χ4n) is 1.82.